The number of rotatable bonds is 10. The number of halogens is 3. The van der Waals surface area contributed by atoms with Gasteiger partial charge >= 0.3 is 18.1 Å². The molecule has 0 saturated heterocycles. The van der Waals surface area contributed by atoms with Crippen LogP contribution in [0.4, 0.5) is 13.2 Å². The normalized spacial score (nSPS) is 11.1. The molecule has 0 aliphatic rings. The van der Waals surface area contributed by atoms with Crippen molar-refractivity contribution in [3.63, 3.8) is 0 Å². The van der Waals surface area contributed by atoms with E-state index in [9.17, 15) is 22.8 Å². The minimum Gasteiger partial charge on any atom is -0.494 e. The standard InChI is InChI=1S/C22H23F3O5/c1-2-3-4-5-14-28-18-10-6-17(7-11-18)21(27)30-19-12-8-16(9-13-19)20(26)29-15-22(23,24)25/h6-13H,2-5,14-15H2,1H3. The zero-order chi connectivity index (χ0) is 22.0. The molecule has 0 aliphatic heterocycles. The highest BCUT2D eigenvalue weighted by molar-refractivity contribution is 5.92. The Morgan fingerprint density at radius 1 is 0.800 bits per heavy atom. The van der Waals surface area contributed by atoms with E-state index in [2.05, 4.69) is 11.7 Å². The van der Waals surface area contributed by atoms with Crippen LogP contribution >= 0.6 is 0 Å². The third kappa shape index (κ3) is 8.14. The van der Waals surface area contributed by atoms with Gasteiger partial charge in [0, 0.05) is 0 Å². The minimum atomic E-state index is -4.60. The summed E-state index contributed by atoms with van der Waals surface area (Å²) in [5, 5.41) is 0. The molecule has 2 aromatic rings. The molecule has 0 atom stereocenters. The molecule has 0 N–H and O–H groups in total. The van der Waals surface area contributed by atoms with Gasteiger partial charge in [-0.05, 0) is 55.0 Å². The summed E-state index contributed by atoms with van der Waals surface area (Å²) in [6, 6.07) is 11.5. The van der Waals surface area contributed by atoms with Crippen molar-refractivity contribution in [1.82, 2.24) is 0 Å². The number of hydrogen-bond acceptors (Lipinski definition) is 5. The van der Waals surface area contributed by atoms with Gasteiger partial charge in [-0.2, -0.15) is 13.2 Å². The van der Waals surface area contributed by atoms with E-state index >= 15 is 0 Å². The summed E-state index contributed by atoms with van der Waals surface area (Å²) < 4.78 is 51.2. The SMILES string of the molecule is CCCCCCOc1ccc(C(=O)Oc2ccc(C(=O)OCC(F)(F)F)cc2)cc1. The number of unbranched alkanes of at least 4 members (excludes halogenated alkanes) is 3. The highest BCUT2D eigenvalue weighted by atomic mass is 19.4. The van der Waals surface area contributed by atoms with Crippen LogP contribution in [0, 0.1) is 0 Å². The molecule has 30 heavy (non-hydrogen) atoms. The summed E-state index contributed by atoms with van der Waals surface area (Å²) in [5.41, 5.74) is 0.224. The lowest BCUT2D eigenvalue weighted by Gasteiger charge is -2.09. The van der Waals surface area contributed by atoms with Gasteiger partial charge < -0.3 is 14.2 Å². The Balaban J connectivity index is 1.84. The lowest BCUT2D eigenvalue weighted by atomic mass is 10.2. The zero-order valence-corrected chi connectivity index (χ0v) is 16.5. The number of carbonyl (C=O) groups excluding carboxylic acids is 2. The van der Waals surface area contributed by atoms with Crippen LogP contribution in [0.15, 0.2) is 48.5 Å². The molecule has 0 fully saturated rings. The highest BCUT2D eigenvalue weighted by Crippen LogP contribution is 2.19. The quantitative estimate of drug-likeness (QED) is 0.283. The van der Waals surface area contributed by atoms with Gasteiger partial charge in [-0.3, -0.25) is 0 Å². The molecular weight excluding hydrogens is 401 g/mol. The Morgan fingerprint density at radius 2 is 1.37 bits per heavy atom. The van der Waals surface area contributed by atoms with E-state index in [1.54, 1.807) is 24.3 Å². The maximum absolute atomic E-state index is 12.2. The zero-order valence-electron chi connectivity index (χ0n) is 16.5. The molecule has 8 heteroatoms. The summed E-state index contributed by atoms with van der Waals surface area (Å²) in [5.74, 6) is -0.930. The molecule has 0 bridgehead atoms. The Kier molecular flexibility index (Phi) is 8.70. The second-order valence-corrected chi connectivity index (χ2v) is 6.54. The van der Waals surface area contributed by atoms with Gasteiger partial charge in [0.05, 0.1) is 17.7 Å². The van der Waals surface area contributed by atoms with Crippen LogP contribution in [-0.2, 0) is 4.74 Å². The summed E-state index contributed by atoms with van der Waals surface area (Å²) in [6.45, 7) is 1.09. The van der Waals surface area contributed by atoms with Crippen molar-refractivity contribution in [1.29, 1.82) is 0 Å². The number of carbonyl (C=O) groups is 2. The van der Waals surface area contributed by atoms with Gasteiger partial charge in [0.2, 0.25) is 0 Å². The van der Waals surface area contributed by atoms with E-state index in [1.807, 2.05) is 0 Å². The topological polar surface area (TPSA) is 61.8 Å². The molecule has 0 radical (unpaired) electrons. The molecule has 0 spiro atoms. The average Bonchev–Trinajstić information content (AvgIpc) is 2.72. The fourth-order valence-electron chi connectivity index (χ4n) is 2.46. The van der Waals surface area contributed by atoms with Gasteiger partial charge in [-0.1, -0.05) is 26.2 Å². The summed E-state index contributed by atoms with van der Waals surface area (Å²) >= 11 is 0. The molecule has 0 amide bonds. The fraction of sp³-hybridized carbons (Fsp3) is 0.364. The van der Waals surface area contributed by atoms with Gasteiger partial charge in [0.25, 0.3) is 0 Å². The number of esters is 2. The first-order valence-corrected chi connectivity index (χ1v) is 9.57. The smallest absolute Gasteiger partial charge is 0.422 e. The number of alkyl halides is 3. The van der Waals surface area contributed by atoms with Gasteiger partial charge in [-0.25, -0.2) is 9.59 Å². The molecule has 0 unspecified atom stereocenters. The van der Waals surface area contributed by atoms with E-state index in [-0.39, 0.29) is 11.3 Å². The number of ether oxygens (including phenoxy) is 3. The molecule has 2 aromatic carbocycles. The van der Waals surface area contributed by atoms with Crippen LogP contribution in [0.3, 0.4) is 0 Å². The van der Waals surface area contributed by atoms with Crippen LogP contribution in [0.5, 0.6) is 11.5 Å². The van der Waals surface area contributed by atoms with Crippen molar-refractivity contribution in [2.75, 3.05) is 13.2 Å². The predicted octanol–water partition coefficient (Wildman–Crippen LogP) is 5.58. The largest absolute Gasteiger partial charge is 0.494 e. The van der Waals surface area contributed by atoms with E-state index < -0.39 is 24.7 Å². The second-order valence-electron chi connectivity index (χ2n) is 6.54. The van der Waals surface area contributed by atoms with Crippen LogP contribution in [0.25, 0.3) is 0 Å². The molecule has 0 heterocycles. The van der Waals surface area contributed by atoms with Crippen LogP contribution in [0.2, 0.25) is 0 Å². The monoisotopic (exact) mass is 424 g/mol. The predicted molar refractivity (Wildman–Crippen MR) is 104 cm³/mol. The first-order valence-electron chi connectivity index (χ1n) is 9.57. The van der Waals surface area contributed by atoms with Gasteiger partial charge in [-0.15, -0.1) is 0 Å². The van der Waals surface area contributed by atoms with E-state index in [4.69, 9.17) is 9.47 Å². The van der Waals surface area contributed by atoms with Crippen molar-refractivity contribution in [2.45, 2.75) is 38.8 Å². The molecule has 0 saturated carbocycles. The molecule has 0 aliphatic carbocycles. The lowest BCUT2D eigenvalue weighted by molar-refractivity contribution is -0.161. The van der Waals surface area contributed by atoms with Crippen molar-refractivity contribution in [2.24, 2.45) is 0 Å². The Labute approximate surface area is 172 Å². The first kappa shape index (κ1) is 23.3. The highest BCUT2D eigenvalue weighted by Gasteiger charge is 2.29. The number of hydrogen-bond donors (Lipinski definition) is 0. The second kappa shape index (κ2) is 11.2. The molecule has 2 rings (SSSR count). The molecule has 162 valence electrons. The van der Waals surface area contributed by atoms with Crippen LogP contribution in [0.1, 0.15) is 53.3 Å². The molecule has 0 aromatic heterocycles. The van der Waals surface area contributed by atoms with E-state index in [0.717, 1.165) is 19.3 Å². The maximum atomic E-state index is 12.2. The number of benzene rings is 2. The Morgan fingerprint density at radius 3 is 1.93 bits per heavy atom. The van der Waals surface area contributed by atoms with Crippen LogP contribution < -0.4 is 9.47 Å². The van der Waals surface area contributed by atoms with Crippen molar-refractivity contribution >= 4 is 11.9 Å². The Hall–Kier alpha value is -3.03. The molecular formula is C22H23F3O5. The first-order chi connectivity index (χ1) is 14.3. The van der Waals surface area contributed by atoms with E-state index in [1.165, 1.54) is 30.7 Å². The third-order valence-electron chi connectivity index (χ3n) is 4.02. The van der Waals surface area contributed by atoms with Crippen LogP contribution in [-0.4, -0.2) is 31.3 Å². The average molecular weight is 424 g/mol. The van der Waals surface area contributed by atoms with Crippen molar-refractivity contribution < 1.29 is 37.0 Å². The Bertz CT molecular complexity index is 814. The van der Waals surface area contributed by atoms with Crippen molar-refractivity contribution in [3.8, 4) is 11.5 Å². The lowest BCUT2D eigenvalue weighted by Crippen LogP contribution is -2.20. The fourth-order valence-corrected chi connectivity index (χ4v) is 2.46. The summed E-state index contributed by atoms with van der Waals surface area (Å²) in [4.78, 5) is 23.8. The van der Waals surface area contributed by atoms with E-state index in [0.29, 0.717) is 17.9 Å². The van der Waals surface area contributed by atoms with Gasteiger partial charge in [0.1, 0.15) is 11.5 Å². The summed E-state index contributed by atoms with van der Waals surface area (Å²) in [7, 11) is 0. The molecule has 5 nitrogen and oxygen atoms in total. The van der Waals surface area contributed by atoms with Crippen molar-refractivity contribution in [3.05, 3.63) is 59.7 Å². The summed E-state index contributed by atoms with van der Waals surface area (Å²) in [6.07, 6.45) is -0.191. The minimum absolute atomic E-state index is 0.0838. The maximum Gasteiger partial charge on any atom is 0.422 e. The van der Waals surface area contributed by atoms with Gasteiger partial charge in [0.15, 0.2) is 6.61 Å². The third-order valence-corrected chi connectivity index (χ3v) is 4.02.